The van der Waals surface area contributed by atoms with Gasteiger partial charge in [0.15, 0.2) is 6.10 Å². The number of nitrogen functional groups attached to an aromatic ring is 1. The average molecular weight is 278 g/mol. The molecular weight excluding hydrogens is 260 g/mol. The highest BCUT2D eigenvalue weighted by Gasteiger charge is 2.24. The van der Waals surface area contributed by atoms with Crippen molar-refractivity contribution < 1.29 is 19.1 Å². The molecule has 0 saturated carbocycles. The second-order valence-corrected chi connectivity index (χ2v) is 4.64. The smallest absolute Gasteiger partial charge is 0.341 e. The molecule has 1 heterocycles. The standard InChI is InChI=1S/C14H18N2O4/c1-19-14(18)10-6-5-9(15)8-12(10)20-11-4-2-3-7-16-13(11)17/h5-6,8,11H,2-4,7,15H2,1H3,(H,16,17). The maximum Gasteiger partial charge on any atom is 0.341 e. The Morgan fingerprint density at radius 1 is 1.40 bits per heavy atom. The molecule has 1 fully saturated rings. The average Bonchev–Trinajstić information content (AvgIpc) is 2.64. The van der Waals surface area contributed by atoms with E-state index in [0.29, 0.717) is 18.7 Å². The van der Waals surface area contributed by atoms with E-state index in [1.165, 1.54) is 19.2 Å². The lowest BCUT2D eigenvalue weighted by Gasteiger charge is -2.18. The largest absolute Gasteiger partial charge is 0.480 e. The minimum absolute atomic E-state index is 0.166. The van der Waals surface area contributed by atoms with Gasteiger partial charge in [0, 0.05) is 18.3 Å². The van der Waals surface area contributed by atoms with Crippen LogP contribution < -0.4 is 15.8 Å². The van der Waals surface area contributed by atoms with Crippen molar-refractivity contribution in [1.82, 2.24) is 5.32 Å². The highest BCUT2D eigenvalue weighted by molar-refractivity contribution is 5.93. The Balaban J connectivity index is 2.24. The van der Waals surface area contributed by atoms with Crippen LogP contribution in [0.4, 0.5) is 5.69 Å². The number of hydrogen-bond acceptors (Lipinski definition) is 5. The summed E-state index contributed by atoms with van der Waals surface area (Å²) in [5.41, 5.74) is 6.43. The zero-order valence-corrected chi connectivity index (χ0v) is 11.3. The molecule has 6 heteroatoms. The topological polar surface area (TPSA) is 90.7 Å². The molecule has 0 spiro atoms. The summed E-state index contributed by atoms with van der Waals surface area (Å²) in [7, 11) is 1.29. The van der Waals surface area contributed by atoms with Gasteiger partial charge in [0.1, 0.15) is 11.3 Å². The Bertz CT molecular complexity index is 516. The van der Waals surface area contributed by atoms with Crippen molar-refractivity contribution in [2.75, 3.05) is 19.4 Å². The number of ether oxygens (including phenoxy) is 2. The Labute approximate surface area is 117 Å². The van der Waals surface area contributed by atoms with Crippen molar-refractivity contribution in [3.05, 3.63) is 23.8 Å². The molecule has 20 heavy (non-hydrogen) atoms. The number of carbonyl (C=O) groups is 2. The van der Waals surface area contributed by atoms with Gasteiger partial charge in [-0.3, -0.25) is 4.79 Å². The molecule has 3 N–H and O–H groups in total. The van der Waals surface area contributed by atoms with E-state index in [0.717, 1.165) is 12.8 Å². The number of hydrogen-bond donors (Lipinski definition) is 2. The van der Waals surface area contributed by atoms with E-state index in [4.69, 9.17) is 15.2 Å². The van der Waals surface area contributed by atoms with Crippen LogP contribution in [0.25, 0.3) is 0 Å². The second kappa shape index (κ2) is 6.27. The first-order chi connectivity index (χ1) is 9.61. The summed E-state index contributed by atoms with van der Waals surface area (Å²) < 4.78 is 10.4. The van der Waals surface area contributed by atoms with E-state index in [2.05, 4.69) is 5.32 Å². The van der Waals surface area contributed by atoms with Crippen LogP contribution in [-0.4, -0.2) is 31.6 Å². The molecule has 2 rings (SSSR count). The number of amides is 1. The third-order valence-electron chi connectivity index (χ3n) is 3.16. The van der Waals surface area contributed by atoms with Gasteiger partial charge in [0.25, 0.3) is 5.91 Å². The maximum atomic E-state index is 11.9. The van der Waals surface area contributed by atoms with E-state index in [1.54, 1.807) is 6.07 Å². The van der Waals surface area contributed by atoms with Gasteiger partial charge >= 0.3 is 5.97 Å². The summed E-state index contributed by atoms with van der Waals surface area (Å²) in [6.07, 6.45) is 1.81. The van der Waals surface area contributed by atoms with E-state index in [-0.39, 0.29) is 17.2 Å². The van der Waals surface area contributed by atoms with Gasteiger partial charge in [0.05, 0.1) is 7.11 Å². The number of benzene rings is 1. The van der Waals surface area contributed by atoms with E-state index in [1.807, 2.05) is 0 Å². The van der Waals surface area contributed by atoms with Crippen LogP contribution in [0.3, 0.4) is 0 Å². The molecule has 1 aliphatic heterocycles. The van der Waals surface area contributed by atoms with E-state index >= 15 is 0 Å². The Kier molecular flexibility index (Phi) is 4.45. The molecule has 1 unspecified atom stereocenters. The quantitative estimate of drug-likeness (QED) is 0.638. The molecule has 0 aromatic heterocycles. The van der Waals surface area contributed by atoms with Gasteiger partial charge in [-0.15, -0.1) is 0 Å². The Morgan fingerprint density at radius 3 is 2.95 bits per heavy atom. The highest BCUT2D eigenvalue weighted by Crippen LogP contribution is 2.25. The molecule has 108 valence electrons. The number of methoxy groups -OCH3 is 1. The molecule has 0 bridgehead atoms. The van der Waals surface area contributed by atoms with Gasteiger partial charge in [-0.25, -0.2) is 4.79 Å². The van der Waals surface area contributed by atoms with Gasteiger partial charge < -0.3 is 20.5 Å². The Hall–Kier alpha value is -2.24. The van der Waals surface area contributed by atoms with Crippen molar-refractivity contribution in [2.24, 2.45) is 0 Å². The summed E-state index contributed by atoms with van der Waals surface area (Å²) in [6, 6.07) is 4.65. The monoisotopic (exact) mass is 278 g/mol. The van der Waals surface area contributed by atoms with Crippen LogP contribution in [0.1, 0.15) is 29.6 Å². The van der Waals surface area contributed by atoms with Crippen molar-refractivity contribution >= 4 is 17.6 Å². The normalized spacial score (nSPS) is 18.9. The highest BCUT2D eigenvalue weighted by atomic mass is 16.5. The van der Waals surface area contributed by atoms with Crippen LogP contribution in [0.2, 0.25) is 0 Å². The number of esters is 1. The fourth-order valence-corrected chi connectivity index (χ4v) is 2.09. The minimum Gasteiger partial charge on any atom is -0.480 e. The third-order valence-corrected chi connectivity index (χ3v) is 3.16. The molecule has 1 aromatic carbocycles. The predicted octanol–water partition coefficient (Wildman–Crippen LogP) is 1.10. The molecule has 1 aliphatic rings. The summed E-state index contributed by atoms with van der Waals surface area (Å²) in [5, 5.41) is 2.78. The lowest BCUT2D eigenvalue weighted by molar-refractivity contribution is -0.127. The molecule has 1 saturated heterocycles. The fourth-order valence-electron chi connectivity index (χ4n) is 2.09. The number of nitrogens with one attached hydrogen (secondary N) is 1. The van der Waals surface area contributed by atoms with Crippen LogP contribution >= 0.6 is 0 Å². The predicted molar refractivity (Wildman–Crippen MR) is 73.5 cm³/mol. The van der Waals surface area contributed by atoms with Crippen molar-refractivity contribution in [3.63, 3.8) is 0 Å². The molecule has 1 atom stereocenters. The minimum atomic E-state index is -0.609. The molecule has 1 amide bonds. The van der Waals surface area contributed by atoms with Crippen molar-refractivity contribution in [1.29, 1.82) is 0 Å². The van der Waals surface area contributed by atoms with Gasteiger partial charge in [-0.05, 0) is 31.4 Å². The van der Waals surface area contributed by atoms with Crippen LogP contribution in [0.5, 0.6) is 5.75 Å². The third kappa shape index (κ3) is 3.20. The lowest BCUT2D eigenvalue weighted by Crippen LogP contribution is -2.36. The van der Waals surface area contributed by atoms with Crippen LogP contribution in [0, 0.1) is 0 Å². The van der Waals surface area contributed by atoms with Crippen molar-refractivity contribution in [2.45, 2.75) is 25.4 Å². The van der Waals surface area contributed by atoms with Crippen LogP contribution in [0.15, 0.2) is 18.2 Å². The number of anilines is 1. The molecule has 1 aromatic rings. The van der Waals surface area contributed by atoms with Crippen LogP contribution in [-0.2, 0) is 9.53 Å². The second-order valence-electron chi connectivity index (χ2n) is 4.64. The lowest BCUT2D eigenvalue weighted by atomic mass is 10.1. The SMILES string of the molecule is COC(=O)c1ccc(N)cc1OC1CCCCNC1=O. The summed E-state index contributed by atoms with van der Waals surface area (Å²) in [4.78, 5) is 23.6. The van der Waals surface area contributed by atoms with Gasteiger partial charge in [-0.1, -0.05) is 0 Å². The van der Waals surface area contributed by atoms with Gasteiger partial charge in [-0.2, -0.15) is 0 Å². The fraction of sp³-hybridized carbons (Fsp3) is 0.429. The number of rotatable bonds is 3. The molecular formula is C14H18N2O4. The summed E-state index contributed by atoms with van der Waals surface area (Å²) in [6.45, 7) is 0.652. The molecule has 6 nitrogen and oxygen atoms in total. The summed E-state index contributed by atoms with van der Waals surface area (Å²) in [5.74, 6) is -0.409. The first kappa shape index (κ1) is 14.2. The zero-order chi connectivity index (χ0) is 14.5. The van der Waals surface area contributed by atoms with E-state index < -0.39 is 12.1 Å². The van der Waals surface area contributed by atoms with Crippen molar-refractivity contribution in [3.8, 4) is 5.75 Å². The van der Waals surface area contributed by atoms with E-state index in [9.17, 15) is 9.59 Å². The molecule has 0 aliphatic carbocycles. The number of carbonyl (C=O) groups excluding carboxylic acids is 2. The summed E-state index contributed by atoms with van der Waals surface area (Å²) >= 11 is 0. The van der Waals surface area contributed by atoms with Gasteiger partial charge in [0.2, 0.25) is 0 Å². The molecule has 0 radical (unpaired) electrons. The zero-order valence-electron chi connectivity index (χ0n) is 11.3. The maximum absolute atomic E-state index is 11.9. The first-order valence-corrected chi connectivity index (χ1v) is 6.54. The number of nitrogens with two attached hydrogens (primary N) is 1. The first-order valence-electron chi connectivity index (χ1n) is 6.54. The Morgan fingerprint density at radius 2 is 2.20 bits per heavy atom.